The fourth-order valence-electron chi connectivity index (χ4n) is 8.76. The molecule has 7 nitrogen and oxygen atoms in total. The number of rotatable bonds is 5. The van der Waals surface area contributed by atoms with Crippen LogP contribution in [-0.4, -0.2) is 44.7 Å². The normalized spacial score (nSPS) is 31.8. The highest BCUT2D eigenvalue weighted by Gasteiger charge is 2.76. The van der Waals surface area contributed by atoms with E-state index in [-0.39, 0.29) is 36.0 Å². The van der Waals surface area contributed by atoms with Gasteiger partial charge in [0.25, 0.3) is 0 Å². The number of aliphatic hydroxyl groups is 1. The number of hydrogen-bond acceptors (Lipinski definition) is 7. The molecule has 3 unspecified atom stereocenters. The molecule has 0 spiro atoms. The smallest absolute Gasteiger partial charge is 0.190 e. The van der Waals surface area contributed by atoms with E-state index in [1.807, 2.05) is 57.2 Å². The van der Waals surface area contributed by atoms with Crippen LogP contribution in [0.4, 0.5) is 0 Å². The quantitative estimate of drug-likeness (QED) is 0.334. The summed E-state index contributed by atoms with van der Waals surface area (Å²) in [5.41, 5.74) is -1.30. The lowest BCUT2D eigenvalue weighted by atomic mass is 9.39. The number of carbonyl (C=O) groups excluding carboxylic acids is 5. The zero-order valence-corrected chi connectivity index (χ0v) is 26.8. The first kappa shape index (κ1) is 31.7. The van der Waals surface area contributed by atoms with E-state index in [0.717, 1.165) is 23.6 Å². The van der Waals surface area contributed by atoms with Gasteiger partial charge < -0.3 is 10.2 Å². The van der Waals surface area contributed by atoms with E-state index < -0.39 is 63.1 Å². The summed E-state index contributed by atoms with van der Waals surface area (Å²) in [5.74, 6) is -8.88. The Bertz CT molecular complexity index is 1640. The third-order valence-electron chi connectivity index (χ3n) is 10.6. The molecule has 3 aliphatic carbocycles. The number of benzene rings is 2. The molecular formula is C37H42O7. The molecule has 0 radical (unpaired) electrons. The van der Waals surface area contributed by atoms with Crippen molar-refractivity contribution in [1.29, 1.82) is 0 Å². The highest BCUT2D eigenvalue weighted by Crippen LogP contribution is 2.64. The van der Waals surface area contributed by atoms with Gasteiger partial charge in [0.15, 0.2) is 28.7 Å². The fraction of sp³-hybridized carbons (Fsp3) is 0.486. The van der Waals surface area contributed by atoms with E-state index in [9.17, 15) is 34.2 Å². The van der Waals surface area contributed by atoms with Gasteiger partial charge in [-0.1, -0.05) is 83.5 Å². The molecule has 0 amide bonds. The largest absolute Gasteiger partial charge is 0.507 e. The van der Waals surface area contributed by atoms with Crippen LogP contribution in [0, 0.1) is 41.4 Å². The maximum Gasteiger partial charge on any atom is 0.190 e. The predicted octanol–water partition coefficient (Wildman–Crippen LogP) is 5.70. The number of hydrogen-bond donors (Lipinski definition) is 2. The van der Waals surface area contributed by atoms with Gasteiger partial charge in [0.1, 0.15) is 17.5 Å². The minimum Gasteiger partial charge on any atom is -0.507 e. The third-order valence-corrected chi connectivity index (χ3v) is 10.6. The second-order valence-electron chi connectivity index (χ2n) is 14.5. The van der Waals surface area contributed by atoms with Crippen molar-refractivity contribution in [2.45, 2.75) is 79.8 Å². The first-order chi connectivity index (χ1) is 20.4. The maximum absolute atomic E-state index is 14.5. The van der Waals surface area contributed by atoms with Crippen LogP contribution in [0.1, 0.15) is 99.0 Å². The SMILES string of the molecule is CC(=O)C1C(=O)C(C(C)C)[C@@]2(C)C[C@@]3(C)Cc4c(C(C)C)cc(/C=C/c5ccc(C)cc5)c(O)c4C(=O)C3C(=O)[C@@]2(O)C1=O. The van der Waals surface area contributed by atoms with Crippen molar-refractivity contribution in [3.05, 3.63) is 63.7 Å². The van der Waals surface area contributed by atoms with Gasteiger partial charge in [-0.3, -0.25) is 24.0 Å². The Morgan fingerprint density at radius 2 is 1.59 bits per heavy atom. The molecule has 44 heavy (non-hydrogen) atoms. The Hall–Kier alpha value is -3.71. The van der Waals surface area contributed by atoms with Gasteiger partial charge in [-0.05, 0) is 66.7 Å². The van der Waals surface area contributed by atoms with Crippen molar-refractivity contribution in [2.75, 3.05) is 0 Å². The number of aromatic hydroxyl groups is 1. The molecular weight excluding hydrogens is 556 g/mol. The van der Waals surface area contributed by atoms with Crippen molar-refractivity contribution in [1.82, 2.24) is 0 Å². The van der Waals surface area contributed by atoms with E-state index in [0.29, 0.717) is 11.1 Å². The van der Waals surface area contributed by atoms with E-state index in [1.54, 1.807) is 33.8 Å². The molecule has 0 heterocycles. The zero-order valence-electron chi connectivity index (χ0n) is 26.8. The molecule has 0 bridgehead atoms. The number of aryl methyl sites for hydroxylation is 1. The molecule has 0 aliphatic heterocycles. The van der Waals surface area contributed by atoms with Gasteiger partial charge in [0, 0.05) is 16.9 Å². The fourth-order valence-corrected chi connectivity index (χ4v) is 8.76. The predicted molar refractivity (Wildman–Crippen MR) is 167 cm³/mol. The standard InChI is InChI=1S/C37H42O7/c1-18(2)24-15-23(14-13-22-11-9-20(5)10-12-22)30(39)27-25(24)16-35(7)17-36(8)28(19(3)4)31(40)26(21(6)38)33(42)37(36,44)34(43)29(35)32(27)41/h9-15,18-19,26,28-29,39,44H,16-17H2,1-8H3/b14-13+/t26?,28?,29?,35-,36-,37+/m1/s1. The van der Waals surface area contributed by atoms with E-state index in [4.69, 9.17) is 0 Å². The first-order valence-electron chi connectivity index (χ1n) is 15.4. The number of ketones is 5. The van der Waals surface area contributed by atoms with E-state index in [2.05, 4.69) is 0 Å². The molecule has 2 saturated carbocycles. The second-order valence-corrected chi connectivity index (χ2v) is 14.5. The third kappa shape index (κ3) is 4.30. The monoisotopic (exact) mass is 598 g/mol. The molecule has 2 fully saturated rings. The van der Waals surface area contributed by atoms with Crippen LogP contribution in [0.3, 0.4) is 0 Å². The number of phenolic OH excluding ortho intramolecular Hbond substituents is 1. The Kier molecular flexibility index (Phi) is 7.52. The molecule has 0 aromatic heterocycles. The molecule has 232 valence electrons. The average molecular weight is 599 g/mol. The highest BCUT2D eigenvalue weighted by molar-refractivity contribution is 6.32. The van der Waals surface area contributed by atoms with E-state index in [1.165, 1.54) is 0 Å². The van der Waals surface area contributed by atoms with Crippen molar-refractivity contribution < 1.29 is 34.2 Å². The van der Waals surface area contributed by atoms with Crippen LogP contribution >= 0.6 is 0 Å². The minimum absolute atomic E-state index is 0.0202. The summed E-state index contributed by atoms with van der Waals surface area (Å²) in [7, 11) is 0. The summed E-state index contributed by atoms with van der Waals surface area (Å²) in [6, 6.07) is 9.73. The summed E-state index contributed by atoms with van der Waals surface area (Å²) < 4.78 is 0. The van der Waals surface area contributed by atoms with Crippen LogP contribution in [0.15, 0.2) is 30.3 Å². The molecule has 2 N–H and O–H groups in total. The van der Waals surface area contributed by atoms with Gasteiger partial charge in [-0.15, -0.1) is 0 Å². The van der Waals surface area contributed by atoms with Crippen molar-refractivity contribution >= 4 is 41.1 Å². The van der Waals surface area contributed by atoms with Crippen molar-refractivity contribution in [2.24, 2.45) is 34.5 Å². The summed E-state index contributed by atoms with van der Waals surface area (Å²) in [4.78, 5) is 69.2. The Labute approximate surface area is 258 Å². The minimum atomic E-state index is -2.71. The summed E-state index contributed by atoms with van der Waals surface area (Å²) in [6.45, 7) is 14.1. The van der Waals surface area contributed by atoms with Crippen molar-refractivity contribution in [3.63, 3.8) is 0 Å². The molecule has 5 rings (SSSR count). The topological polar surface area (TPSA) is 126 Å². The van der Waals surface area contributed by atoms with Gasteiger partial charge in [-0.25, -0.2) is 0 Å². The number of phenols is 1. The maximum atomic E-state index is 14.5. The van der Waals surface area contributed by atoms with Crippen LogP contribution in [0.5, 0.6) is 5.75 Å². The Morgan fingerprint density at radius 1 is 0.977 bits per heavy atom. The van der Waals surface area contributed by atoms with Crippen LogP contribution in [-0.2, 0) is 25.6 Å². The lowest BCUT2D eigenvalue weighted by molar-refractivity contribution is -0.205. The van der Waals surface area contributed by atoms with Gasteiger partial charge in [0.05, 0.1) is 11.5 Å². The zero-order chi connectivity index (χ0) is 32.7. The Balaban J connectivity index is 1.70. The van der Waals surface area contributed by atoms with Crippen molar-refractivity contribution in [3.8, 4) is 5.75 Å². The lowest BCUT2D eigenvalue weighted by Gasteiger charge is -2.62. The Morgan fingerprint density at radius 3 is 2.14 bits per heavy atom. The van der Waals surface area contributed by atoms with Gasteiger partial charge in [-0.2, -0.15) is 0 Å². The lowest BCUT2D eigenvalue weighted by Crippen LogP contribution is -2.76. The van der Waals surface area contributed by atoms with Crippen LogP contribution < -0.4 is 0 Å². The van der Waals surface area contributed by atoms with Crippen LogP contribution in [0.25, 0.3) is 12.2 Å². The number of fused-ring (bicyclic) bond motifs is 3. The van der Waals surface area contributed by atoms with Gasteiger partial charge >= 0.3 is 0 Å². The van der Waals surface area contributed by atoms with E-state index >= 15 is 0 Å². The molecule has 2 aromatic carbocycles. The van der Waals surface area contributed by atoms with Crippen LogP contribution in [0.2, 0.25) is 0 Å². The second kappa shape index (κ2) is 10.4. The summed E-state index contributed by atoms with van der Waals surface area (Å²) in [5, 5.41) is 23.8. The molecule has 2 aromatic rings. The average Bonchev–Trinajstić information content (AvgIpc) is 2.90. The molecule has 6 atom stereocenters. The first-order valence-corrected chi connectivity index (χ1v) is 15.4. The molecule has 0 saturated heterocycles. The molecule has 7 heteroatoms. The highest BCUT2D eigenvalue weighted by atomic mass is 16.3. The number of carbonyl (C=O) groups is 5. The summed E-state index contributed by atoms with van der Waals surface area (Å²) in [6.07, 6.45) is 3.86. The summed E-state index contributed by atoms with van der Waals surface area (Å²) >= 11 is 0. The number of Topliss-reactive ketones (excluding diaryl/α,β-unsaturated/α-hetero) is 5. The molecule has 3 aliphatic rings. The van der Waals surface area contributed by atoms with Gasteiger partial charge in [0.2, 0.25) is 0 Å².